The molecule has 1 aromatic heterocycles. The molecule has 3 rings (SSSR count). The van der Waals surface area contributed by atoms with Gasteiger partial charge in [-0.1, -0.05) is 17.7 Å². The van der Waals surface area contributed by atoms with Crippen LogP contribution >= 0.6 is 23.2 Å². The molecule has 2 aromatic rings. The molecule has 1 heterocycles. The van der Waals surface area contributed by atoms with E-state index >= 15 is 0 Å². The minimum atomic E-state index is -0.902. The molecule has 0 saturated heterocycles. The summed E-state index contributed by atoms with van der Waals surface area (Å²) in [6, 6.07) is 7.88. The number of aromatic nitrogens is 1. The molecule has 1 aliphatic rings. The average Bonchev–Trinajstić information content (AvgIpc) is 2.87. The Morgan fingerprint density at radius 2 is 2.10 bits per heavy atom. The lowest BCUT2D eigenvalue weighted by molar-refractivity contribution is -0.122. The summed E-state index contributed by atoms with van der Waals surface area (Å²) in [4.78, 5) is 16.1. The van der Waals surface area contributed by atoms with Crippen molar-refractivity contribution in [3.63, 3.8) is 0 Å². The zero-order chi connectivity index (χ0) is 15.0. The van der Waals surface area contributed by atoms with Gasteiger partial charge in [-0.25, -0.2) is 4.98 Å². The number of halogens is 2. The van der Waals surface area contributed by atoms with Crippen LogP contribution in [0.25, 0.3) is 11.5 Å². The number of hydrogen-bond donors (Lipinski definition) is 1. The van der Waals surface area contributed by atoms with Crippen LogP contribution in [0.1, 0.15) is 17.7 Å². The van der Waals surface area contributed by atoms with Gasteiger partial charge in [0.2, 0.25) is 11.8 Å². The van der Waals surface area contributed by atoms with Crippen molar-refractivity contribution in [2.45, 2.75) is 24.2 Å². The highest BCUT2D eigenvalue weighted by atomic mass is 35.5. The standard InChI is InChI=1S/C15H14Cl2N2O2/c1-9-2-4-10(5-3-9)14-19-11(8-21-14)7-18-13(20)12-6-15(12,16)17/h2-5,8,12H,6-7H2,1H3,(H,18,20)/t12-/m0/s1. The van der Waals surface area contributed by atoms with E-state index in [1.807, 2.05) is 31.2 Å². The van der Waals surface area contributed by atoms with E-state index in [1.165, 1.54) is 11.8 Å². The number of nitrogens with one attached hydrogen (secondary N) is 1. The van der Waals surface area contributed by atoms with Crippen LogP contribution in [0.15, 0.2) is 34.9 Å². The van der Waals surface area contributed by atoms with Crippen LogP contribution in [-0.4, -0.2) is 15.2 Å². The average molecular weight is 325 g/mol. The van der Waals surface area contributed by atoms with Crippen molar-refractivity contribution in [2.24, 2.45) is 5.92 Å². The van der Waals surface area contributed by atoms with E-state index in [1.54, 1.807) is 0 Å². The predicted molar refractivity (Wildman–Crippen MR) is 81.1 cm³/mol. The topological polar surface area (TPSA) is 55.1 Å². The highest BCUT2D eigenvalue weighted by Gasteiger charge is 2.56. The Morgan fingerprint density at radius 3 is 2.71 bits per heavy atom. The Hall–Kier alpha value is -1.52. The number of hydrogen-bond acceptors (Lipinski definition) is 3. The normalized spacial score (nSPS) is 19.3. The Kier molecular flexibility index (Phi) is 3.68. The summed E-state index contributed by atoms with van der Waals surface area (Å²) in [5.74, 6) is 0.0545. The molecule has 0 radical (unpaired) electrons. The molecule has 1 atom stereocenters. The SMILES string of the molecule is Cc1ccc(-c2nc(CNC(=O)[C@@H]3CC3(Cl)Cl)co2)cc1. The zero-order valence-corrected chi connectivity index (χ0v) is 12.9. The molecule has 0 bridgehead atoms. The van der Waals surface area contributed by atoms with Gasteiger partial charge in [0.1, 0.15) is 10.6 Å². The highest BCUT2D eigenvalue weighted by Crippen LogP contribution is 2.53. The number of alkyl halides is 2. The first-order valence-corrected chi connectivity index (χ1v) is 7.38. The van der Waals surface area contributed by atoms with E-state index in [0.29, 0.717) is 24.6 Å². The number of oxazole rings is 1. The van der Waals surface area contributed by atoms with Crippen molar-refractivity contribution >= 4 is 29.1 Å². The van der Waals surface area contributed by atoms with Crippen LogP contribution in [0.4, 0.5) is 0 Å². The van der Waals surface area contributed by atoms with Crippen molar-refractivity contribution in [2.75, 3.05) is 0 Å². The fraction of sp³-hybridized carbons (Fsp3) is 0.333. The molecule has 1 amide bonds. The summed E-state index contributed by atoms with van der Waals surface area (Å²) < 4.78 is 4.52. The second-order valence-corrected chi connectivity index (χ2v) is 6.79. The molecule has 21 heavy (non-hydrogen) atoms. The maximum absolute atomic E-state index is 11.8. The van der Waals surface area contributed by atoms with Crippen molar-refractivity contribution in [1.82, 2.24) is 10.3 Å². The summed E-state index contributed by atoms with van der Waals surface area (Å²) in [6.07, 6.45) is 2.03. The van der Waals surface area contributed by atoms with Gasteiger partial charge in [0.05, 0.1) is 18.2 Å². The van der Waals surface area contributed by atoms with E-state index in [-0.39, 0.29) is 11.8 Å². The number of rotatable bonds is 4. The van der Waals surface area contributed by atoms with Gasteiger partial charge < -0.3 is 9.73 Å². The number of amides is 1. The van der Waals surface area contributed by atoms with Gasteiger partial charge >= 0.3 is 0 Å². The number of nitrogens with zero attached hydrogens (tertiary/aromatic N) is 1. The molecular weight excluding hydrogens is 311 g/mol. The fourth-order valence-corrected chi connectivity index (χ4v) is 2.52. The predicted octanol–water partition coefficient (Wildman–Crippen LogP) is 3.46. The zero-order valence-electron chi connectivity index (χ0n) is 11.4. The van der Waals surface area contributed by atoms with Crippen LogP contribution < -0.4 is 5.32 Å². The molecule has 1 saturated carbocycles. The second kappa shape index (κ2) is 5.35. The van der Waals surface area contributed by atoms with Crippen LogP contribution in [-0.2, 0) is 11.3 Å². The number of carbonyl (C=O) groups is 1. The van der Waals surface area contributed by atoms with Gasteiger partial charge in [0, 0.05) is 5.56 Å². The lowest BCUT2D eigenvalue weighted by atomic mass is 10.1. The lowest BCUT2D eigenvalue weighted by Gasteiger charge is -2.02. The molecule has 4 nitrogen and oxygen atoms in total. The highest BCUT2D eigenvalue weighted by molar-refractivity contribution is 6.52. The molecule has 1 fully saturated rings. The van der Waals surface area contributed by atoms with Crippen molar-refractivity contribution in [3.8, 4) is 11.5 Å². The van der Waals surface area contributed by atoms with Crippen molar-refractivity contribution in [3.05, 3.63) is 41.8 Å². The van der Waals surface area contributed by atoms with E-state index in [0.717, 1.165) is 5.56 Å². The lowest BCUT2D eigenvalue weighted by Crippen LogP contribution is -2.26. The molecule has 0 aliphatic heterocycles. The molecule has 0 spiro atoms. The molecule has 0 unspecified atom stereocenters. The summed E-state index contributed by atoms with van der Waals surface area (Å²) >= 11 is 11.7. The minimum absolute atomic E-state index is 0.153. The molecule has 1 aromatic carbocycles. The third-order valence-electron chi connectivity index (χ3n) is 3.44. The largest absolute Gasteiger partial charge is 0.444 e. The van der Waals surface area contributed by atoms with Gasteiger partial charge in [0.15, 0.2) is 0 Å². The Balaban J connectivity index is 1.60. The van der Waals surface area contributed by atoms with Gasteiger partial charge in [-0.2, -0.15) is 0 Å². The molecule has 110 valence electrons. The molecule has 1 N–H and O–H groups in total. The van der Waals surface area contributed by atoms with E-state index in [4.69, 9.17) is 27.6 Å². The summed E-state index contributed by atoms with van der Waals surface area (Å²) in [6.45, 7) is 2.32. The maximum atomic E-state index is 11.8. The van der Waals surface area contributed by atoms with Crippen LogP contribution in [0.2, 0.25) is 0 Å². The monoisotopic (exact) mass is 324 g/mol. The Labute approximate surface area is 132 Å². The summed E-state index contributed by atoms with van der Waals surface area (Å²) in [5.41, 5.74) is 2.74. The first-order valence-electron chi connectivity index (χ1n) is 6.63. The first-order chi connectivity index (χ1) is 9.95. The van der Waals surface area contributed by atoms with Crippen LogP contribution in [0.5, 0.6) is 0 Å². The third kappa shape index (κ3) is 3.22. The molecular formula is C15H14Cl2N2O2. The third-order valence-corrected chi connectivity index (χ3v) is 4.27. The van der Waals surface area contributed by atoms with Crippen molar-refractivity contribution in [1.29, 1.82) is 0 Å². The van der Waals surface area contributed by atoms with Gasteiger partial charge in [0.25, 0.3) is 0 Å². The van der Waals surface area contributed by atoms with E-state index in [9.17, 15) is 4.79 Å². The smallest absolute Gasteiger partial charge is 0.226 e. The van der Waals surface area contributed by atoms with Crippen LogP contribution in [0.3, 0.4) is 0 Å². The second-order valence-electron chi connectivity index (χ2n) is 5.25. The maximum Gasteiger partial charge on any atom is 0.226 e. The summed E-state index contributed by atoms with van der Waals surface area (Å²) in [5, 5.41) is 2.76. The quantitative estimate of drug-likeness (QED) is 0.876. The summed E-state index contributed by atoms with van der Waals surface area (Å²) in [7, 11) is 0. The van der Waals surface area contributed by atoms with E-state index in [2.05, 4.69) is 10.3 Å². The van der Waals surface area contributed by atoms with Crippen molar-refractivity contribution < 1.29 is 9.21 Å². The van der Waals surface area contributed by atoms with Gasteiger partial charge in [-0.05, 0) is 25.5 Å². The Bertz CT molecular complexity index is 665. The number of carbonyl (C=O) groups excluding carboxylic acids is 1. The van der Waals surface area contributed by atoms with Crippen LogP contribution in [0, 0.1) is 12.8 Å². The first kappa shape index (κ1) is 14.4. The van der Waals surface area contributed by atoms with Gasteiger partial charge in [-0.15, -0.1) is 23.2 Å². The fourth-order valence-electron chi connectivity index (χ4n) is 2.02. The Morgan fingerprint density at radius 1 is 1.43 bits per heavy atom. The van der Waals surface area contributed by atoms with E-state index < -0.39 is 4.33 Å². The number of aryl methyl sites for hydroxylation is 1. The van der Waals surface area contributed by atoms with Gasteiger partial charge in [-0.3, -0.25) is 4.79 Å². The molecule has 6 heteroatoms. The number of benzene rings is 1. The minimum Gasteiger partial charge on any atom is -0.444 e. The molecule has 1 aliphatic carbocycles.